The summed E-state index contributed by atoms with van der Waals surface area (Å²) in [5.74, 6) is 0.678. The van der Waals surface area contributed by atoms with Crippen LogP contribution >= 0.6 is 0 Å². The fourth-order valence-electron chi connectivity index (χ4n) is 3.38. The van der Waals surface area contributed by atoms with Gasteiger partial charge < -0.3 is 14.8 Å². The number of hydrogen-bond acceptors (Lipinski definition) is 6. The molecule has 0 aliphatic carbocycles. The van der Waals surface area contributed by atoms with E-state index in [1.54, 1.807) is 12.1 Å². The average Bonchev–Trinajstić information content (AvgIpc) is 3.29. The summed E-state index contributed by atoms with van der Waals surface area (Å²) < 4.78 is 1.29. The molecule has 154 valence electrons. The van der Waals surface area contributed by atoms with Crippen molar-refractivity contribution in [3.05, 3.63) is 69.5 Å². The molecule has 1 aliphatic rings. The van der Waals surface area contributed by atoms with Crippen molar-refractivity contribution in [3.63, 3.8) is 0 Å². The zero-order valence-electron chi connectivity index (χ0n) is 16.4. The number of aromatic nitrogens is 4. The van der Waals surface area contributed by atoms with Crippen LogP contribution in [0.4, 0.5) is 11.5 Å². The van der Waals surface area contributed by atoms with Crippen LogP contribution in [0.5, 0.6) is 0 Å². The Bertz CT molecular complexity index is 1130. The Labute approximate surface area is 172 Å². The number of amides is 1. The van der Waals surface area contributed by atoms with E-state index in [1.165, 1.54) is 29.7 Å². The van der Waals surface area contributed by atoms with Gasteiger partial charge in [0.1, 0.15) is 0 Å². The van der Waals surface area contributed by atoms with Gasteiger partial charge in [-0.3, -0.25) is 14.6 Å². The first kappa shape index (κ1) is 19.6. The smallest absolute Gasteiger partial charge is 0.328 e. The van der Waals surface area contributed by atoms with Gasteiger partial charge in [-0.2, -0.15) is 0 Å². The highest BCUT2D eigenvalue weighted by molar-refractivity contribution is 5.90. The van der Waals surface area contributed by atoms with Crippen LogP contribution in [0, 0.1) is 0 Å². The number of nitrogens with one attached hydrogen (secondary N) is 2. The van der Waals surface area contributed by atoms with Crippen LogP contribution in [0.2, 0.25) is 0 Å². The van der Waals surface area contributed by atoms with Gasteiger partial charge in [0.25, 0.3) is 5.56 Å². The summed E-state index contributed by atoms with van der Waals surface area (Å²) in [6.45, 7) is 2.23. The largest absolute Gasteiger partial charge is 0.355 e. The summed E-state index contributed by atoms with van der Waals surface area (Å²) >= 11 is 0. The van der Waals surface area contributed by atoms with Crippen LogP contribution in [0.15, 0.2) is 58.3 Å². The first-order valence-electron chi connectivity index (χ1n) is 9.87. The first-order chi connectivity index (χ1) is 14.6. The molecule has 3 heterocycles. The van der Waals surface area contributed by atoms with Crippen molar-refractivity contribution < 1.29 is 4.79 Å². The Morgan fingerprint density at radius 3 is 2.43 bits per heavy atom. The lowest BCUT2D eigenvalue weighted by molar-refractivity contribution is -0.116. The van der Waals surface area contributed by atoms with E-state index in [-0.39, 0.29) is 18.9 Å². The quantitative estimate of drug-likeness (QED) is 0.643. The fourth-order valence-corrected chi connectivity index (χ4v) is 3.38. The summed E-state index contributed by atoms with van der Waals surface area (Å²) in [7, 11) is 0. The van der Waals surface area contributed by atoms with E-state index in [4.69, 9.17) is 0 Å². The van der Waals surface area contributed by atoms with Gasteiger partial charge in [-0.1, -0.05) is 12.1 Å². The molecule has 0 bridgehead atoms. The Morgan fingerprint density at radius 2 is 1.77 bits per heavy atom. The van der Waals surface area contributed by atoms with Crippen molar-refractivity contribution in [2.75, 3.05) is 23.3 Å². The van der Waals surface area contributed by atoms with E-state index in [9.17, 15) is 14.4 Å². The van der Waals surface area contributed by atoms with Gasteiger partial charge in [0.2, 0.25) is 5.91 Å². The highest BCUT2D eigenvalue weighted by Gasteiger charge is 2.14. The third-order valence-electron chi connectivity index (χ3n) is 5.02. The van der Waals surface area contributed by atoms with Gasteiger partial charge in [0.15, 0.2) is 5.82 Å². The van der Waals surface area contributed by atoms with Crippen LogP contribution in [-0.4, -0.2) is 38.7 Å². The monoisotopic (exact) mass is 406 g/mol. The van der Waals surface area contributed by atoms with Gasteiger partial charge in [0.05, 0.1) is 5.69 Å². The van der Waals surface area contributed by atoms with Gasteiger partial charge in [-0.15, -0.1) is 10.2 Å². The fraction of sp³-hybridized carbons (Fsp3) is 0.286. The van der Waals surface area contributed by atoms with E-state index in [2.05, 4.69) is 25.4 Å². The number of carbonyl (C=O) groups is 1. The SMILES string of the molecule is O=C(CCn1ccc(=O)[nH]c1=O)Nc1ccc(-c2ccc(N3CCCC3)nn2)cc1. The number of anilines is 2. The molecule has 1 aromatic carbocycles. The zero-order chi connectivity index (χ0) is 20.9. The second kappa shape index (κ2) is 8.73. The second-order valence-electron chi connectivity index (χ2n) is 7.15. The van der Waals surface area contributed by atoms with Gasteiger partial charge in [-0.05, 0) is 37.1 Å². The molecular formula is C21H22N6O3. The maximum absolute atomic E-state index is 12.2. The number of hydrogen-bond donors (Lipinski definition) is 2. The van der Waals surface area contributed by atoms with E-state index in [1.807, 2.05) is 24.3 Å². The Kier molecular flexibility index (Phi) is 5.69. The van der Waals surface area contributed by atoms with Crippen LogP contribution < -0.4 is 21.5 Å². The number of aryl methyl sites for hydroxylation is 1. The second-order valence-corrected chi connectivity index (χ2v) is 7.15. The molecule has 1 aliphatic heterocycles. The Balaban J connectivity index is 1.34. The van der Waals surface area contributed by atoms with Crippen molar-refractivity contribution >= 4 is 17.4 Å². The number of H-pyrrole nitrogens is 1. The standard InChI is InChI=1S/C21H22N6O3/c28-19(9-13-27-14-10-20(29)23-21(27)30)22-16-5-3-15(4-6-16)17-7-8-18(25-24-17)26-11-1-2-12-26/h3-8,10,14H,1-2,9,11-13H2,(H,22,28)(H,23,29,30). The van der Waals surface area contributed by atoms with Gasteiger partial charge in [0, 0.05) is 49.6 Å². The predicted molar refractivity (Wildman–Crippen MR) is 113 cm³/mol. The Hall–Kier alpha value is -3.75. The van der Waals surface area contributed by atoms with Gasteiger partial charge in [-0.25, -0.2) is 4.79 Å². The number of rotatable bonds is 6. The van der Waals surface area contributed by atoms with Gasteiger partial charge >= 0.3 is 5.69 Å². The molecule has 0 unspecified atom stereocenters. The van der Waals surface area contributed by atoms with Crippen molar-refractivity contribution in [3.8, 4) is 11.3 Å². The topological polar surface area (TPSA) is 113 Å². The summed E-state index contributed by atoms with van der Waals surface area (Å²) in [5, 5.41) is 11.5. The molecule has 9 nitrogen and oxygen atoms in total. The van der Waals surface area contributed by atoms with E-state index < -0.39 is 11.2 Å². The van der Waals surface area contributed by atoms with Crippen LogP contribution in [0.25, 0.3) is 11.3 Å². The molecule has 1 fully saturated rings. The molecule has 9 heteroatoms. The molecule has 3 aromatic rings. The Morgan fingerprint density at radius 1 is 1.00 bits per heavy atom. The van der Waals surface area contributed by atoms with E-state index in [0.29, 0.717) is 5.69 Å². The molecule has 0 radical (unpaired) electrons. The summed E-state index contributed by atoms with van der Waals surface area (Å²) in [4.78, 5) is 39.3. The number of benzene rings is 1. The zero-order valence-corrected chi connectivity index (χ0v) is 16.4. The average molecular weight is 406 g/mol. The number of nitrogens with zero attached hydrogens (tertiary/aromatic N) is 4. The third kappa shape index (κ3) is 4.62. The van der Waals surface area contributed by atoms with Crippen LogP contribution in [-0.2, 0) is 11.3 Å². The third-order valence-corrected chi connectivity index (χ3v) is 5.02. The first-order valence-corrected chi connectivity index (χ1v) is 9.87. The predicted octanol–water partition coefficient (Wildman–Crippen LogP) is 1.62. The summed E-state index contributed by atoms with van der Waals surface area (Å²) in [5.41, 5.74) is 1.34. The molecular weight excluding hydrogens is 384 g/mol. The normalized spacial score (nSPS) is 13.4. The molecule has 0 atom stereocenters. The molecule has 0 spiro atoms. The summed E-state index contributed by atoms with van der Waals surface area (Å²) in [6.07, 6.45) is 3.87. The lowest BCUT2D eigenvalue weighted by Crippen LogP contribution is -2.29. The molecule has 1 saturated heterocycles. The lowest BCUT2D eigenvalue weighted by Gasteiger charge is -2.15. The van der Waals surface area contributed by atoms with Crippen molar-refractivity contribution in [1.82, 2.24) is 19.7 Å². The lowest BCUT2D eigenvalue weighted by atomic mass is 10.1. The molecule has 2 N–H and O–H groups in total. The molecule has 30 heavy (non-hydrogen) atoms. The van der Waals surface area contributed by atoms with Crippen LogP contribution in [0.3, 0.4) is 0 Å². The minimum atomic E-state index is -0.531. The molecule has 4 rings (SSSR count). The highest BCUT2D eigenvalue weighted by atomic mass is 16.2. The van der Waals surface area contributed by atoms with Crippen molar-refractivity contribution in [1.29, 1.82) is 0 Å². The maximum Gasteiger partial charge on any atom is 0.328 e. The van der Waals surface area contributed by atoms with Crippen molar-refractivity contribution in [2.45, 2.75) is 25.8 Å². The molecule has 0 saturated carbocycles. The molecule has 2 aromatic heterocycles. The minimum Gasteiger partial charge on any atom is -0.355 e. The van der Waals surface area contributed by atoms with E-state index in [0.717, 1.165) is 30.2 Å². The number of aromatic amines is 1. The minimum absolute atomic E-state index is 0.108. The number of carbonyl (C=O) groups excluding carboxylic acids is 1. The van der Waals surface area contributed by atoms with Crippen LogP contribution in [0.1, 0.15) is 19.3 Å². The summed E-state index contributed by atoms with van der Waals surface area (Å²) in [6, 6.07) is 12.5. The van der Waals surface area contributed by atoms with E-state index >= 15 is 0 Å². The highest BCUT2D eigenvalue weighted by Crippen LogP contribution is 2.22. The molecule has 1 amide bonds. The maximum atomic E-state index is 12.2. The van der Waals surface area contributed by atoms with Crippen molar-refractivity contribution in [2.24, 2.45) is 0 Å².